The molecule has 2 aromatic heterocycles. The number of benzene rings is 1. The van der Waals surface area contributed by atoms with Crippen LogP contribution in [0.1, 0.15) is 35.1 Å². The highest BCUT2D eigenvalue weighted by Crippen LogP contribution is 2.34. The van der Waals surface area contributed by atoms with Crippen LogP contribution in [0.4, 0.5) is 0 Å². The van der Waals surface area contributed by atoms with E-state index in [1.807, 2.05) is 18.2 Å². The number of ether oxygens (including phenoxy) is 2. The second kappa shape index (κ2) is 9.05. The molecule has 29 heavy (non-hydrogen) atoms. The smallest absolute Gasteiger partial charge is 0.306 e. The van der Waals surface area contributed by atoms with Gasteiger partial charge in [-0.25, -0.2) is 0 Å². The quantitative estimate of drug-likeness (QED) is 0.613. The van der Waals surface area contributed by atoms with Crippen molar-refractivity contribution in [1.29, 1.82) is 0 Å². The molecule has 0 spiro atoms. The van der Waals surface area contributed by atoms with Gasteiger partial charge in [-0.05, 0) is 36.8 Å². The molecule has 0 fully saturated rings. The van der Waals surface area contributed by atoms with Gasteiger partial charge in [0.15, 0.2) is 5.76 Å². The monoisotopic (exact) mass is 395 g/mol. The van der Waals surface area contributed by atoms with Crippen molar-refractivity contribution in [2.75, 3.05) is 7.11 Å². The summed E-state index contributed by atoms with van der Waals surface area (Å²) < 4.78 is 16.1. The summed E-state index contributed by atoms with van der Waals surface area (Å²) >= 11 is 0. The van der Waals surface area contributed by atoms with Gasteiger partial charge in [-0.1, -0.05) is 18.2 Å². The lowest BCUT2D eigenvalue weighted by molar-refractivity contribution is -0.140. The van der Waals surface area contributed by atoms with Crippen LogP contribution in [0, 0.1) is 6.92 Å². The van der Waals surface area contributed by atoms with Gasteiger partial charge >= 0.3 is 5.97 Å². The highest BCUT2D eigenvalue weighted by Gasteiger charge is 2.26. The molecule has 0 radical (unpaired) electrons. The number of pyridine rings is 1. The molecule has 0 saturated heterocycles. The van der Waals surface area contributed by atoms with Gasteiger partial charge in [0.25, 0.3) is 0 Å². The minimum absolute atomic E-state index is 0.0301. The molecule has 3 aromatic rings. The molecular formula is C22H21NO6. The first-order valence-electron chi connectivity index (χ1n) is 9.01. The van der Waals surface area contributed by atoms with E-state index in [1.54, 1.807) is 37.4 Å². The van der Waals surface area contributed by atoms with Crippen molar-refractivity contribution >= 4 is 5.97 Å². The summed E-state index contributed by atoms with van der Waals surface area (Å²) in [6.45, 7) is 1.92. The van der Waals surface area contributed by atoms with Gasteiger partial charge in [-0.2, -0.15) is 0 Å². The van der Waals surface area contributed by atoms with E-state index in [0.29, 0.717) is 23.7 Å². The topological polar surface area (TPSA) is 98.9 Å². The van der Waals surface area contributed by atoms with Crippen LogP contribution in [-0.2, 0) is 16.1 Å². The zero-order valence-electron chi connectivity index (χ0n) is 16.1. The maximum absolute atomic E-state index is 12.0. The molecule has 7 heteroatoms. The first-order chi connectivity index (χ1) is 14.0. The Morgan fingerprint density at radius 3 is 2.62 bits per heavy atom. The maximum Gasteiger partial charge on any atom is 0.306 e. The summed E-state index contributed by atoms with van der Waals surface area (Å²) in [5.74, 6) is -0.699. The Bertz CT molecular complexity index is 1030. The van der Waals surface area contributed by atoms with E-state index in [-0.39, 0.29) is 12.2 Å². The Balaban J connectivity index is 1.86. The highest BCUT2D eigenvalue weighted by molar-refractivity contribution is 5.71. The minimum Gasteiger partial charge on any atom is -0.502 e. The van der Waals surface area contributed by atoms with Crippen molar-refractivity contribution in [3.05, 3.63) is 87.7 Å². The third-order valence-corrected chi connectivity index (χ3v) is 4.38. The van der Waals surface area contributed by atoms with Crippen LogP contribution in [-0.4, -0.2) is 23.2 Å². The number of esters is 1. The van der Waals surface area contributed by atoms with Gasteiger partial charge in [0.2, 0.25) is 11.2 Å². The Labute approximate surface area is 167 Å². The van der Waals surface area contributed by atoms with E-state index in [9.17, 15) is 14.7 Å². The van der Waals surface area contributed by atoms with Crippen molar-refractivity contribution in [1.82, 2.24) is 4.98 Å². The molecule has 0 amide bonds. The predicted molar refractivity (Wildman–Crippen MR) is 105 cm³/mol. The summed E-state index contributed by atoms with van der Waals surface area (Å²) in [5, 5.41) is 10.2. The van der Waals surface area contributed by atoms with E-state index in [2.05, 4.69) is 4.98 Å². The Morgan fingerprint density at radius 2 is 1.97 bits per heavy atom. The van der Waals surface area contributed by atoms with E-state index in [4.69, 9.17) is 13.9 Å². The Kier molecular flexibility index (Phi) is 6.29. The second-order valence-electron chi connectivity index (χ2n) is 6.45. The van der Waals surface area contributed by atoms with Gasteiger partial charge < -0.3 is 19.0 Å². The maximum atomic E-state index is 12.0. The molecule has 0 saturated carbocycles. The highest BCUT2D eigenvalue weighted by atomic mass is 16.5. The third kappa shape index (κ3) is 5.01. The van der Waals surface area contributed by atoms with E-state index in [1.165, 1.54) is 13.2 Å². The van der Waals surface area contributed by atoms with Crippen molar-refractivity contribution in [3.63, 3.8) is 0 Å². The Hall–Kier alpha value is -3.61. The minimum atomic E-state index is -0.681. The number of nitrogens with zero attached hydrogens (tertiary/aromatic N) is 1. The van der Waals surface area contributed by atoms with Gasteiger partial charge in [0.05, 0.1) is 25.1 Å². The van der Waals surface area contributed by atoms with Gasteiger partial charge in [0, 0.05) is 12.3 Å². The molecule has 150 valence electrons. The van der Waals surface area contributed by atoms with E-state index < -0.39 is 23.1 Å². The number of rotatable bonds is 7. The molecule has 1 unspecified atom stereocenters. The van der Waals surface area contributed by atoms with Gasteiger partial charge in [-0.15, -0.1) is 0 Å². The fourth-order valence-corrected chi connectivity index (χ4v) is 2.91. The summed E-state index contributed by atoms with van der Waals surface area (Å²) in [6.07, 6.45) is 1.60. The SMILES string of the molecule is COC(=O)CC(c1ccc(OCc2ccccn2)cc1)c1oc(C)cc(=O)c1O. The van der Waals surface area contributed by atoms with Crippen LogP contribution >= 0.6 is 0 Å². The first kappa shape index (κ1) is 20.1. The summed E-state index contributed by atoms with van der Waals surface area (Å²) in [5.41, 5.74) is 0.908. The zero-order chi connectivity index (χ0) is 20.8. The van der Waals surface area contributed by atoms with Crippen LogP contribution in [0.25, 0.3) is 0 Å². The molecule has 1 aromatic carbocycles. The molecule has 0 aliphatic heterocycles. The molecule has 1 N–H and O–H groups in total. The van der Waals surface area contributed by atoms with Crippen LogP contribution in [0.5, 0.6) is 11.5 Å². The van der Waals surface area contributed by atoms with Crippen molar-refractivity contribution in [2.24, 2.45) is 0 Å². The molecule has 0 bridgehead atoms. The van der Waals surface area contributed by atoms with E-state index >= 15 is 0 Å². The molecule has 0 aliphatic carbocycles. The molecule has 1 atom stereocenters. The summed E-state index contributed by atoms with van der Waals surface area (Å²) in [7, 11) is 1.28. The lowest BCUT2D eigenvalue weighted by Crippen LogP contribution is -2.13. The Morgan fingerprint density at radius 1 is 1.21 bits per heavy atom. The normalized spacial score (nSPS) is 11.7. The summed E-state index contributed by atoms with van der Waals surface area (Å²) in [4.78, 5) is 28.1. The lowest BCUT2D eigenvalue weighted by atomic mass is 9.92. The lowest BCUT2D eigenvalue weighted by Gasteiger charge is -2.17. The van der Waals surface area contributed by atoms with Gasteiger partial charge in [-0.3, -0.25) is 14.6 Å². The number of hydrogen-bond donors (Lipinski definition) is 1. The average molecular weight is 395 g/mol. The number of aryl methyl sites for hydroxylation is 1. The average Bonchev–Trinajstić information content (AvgIpc) is 2.74. The van der Waals surface area contributed by atoms with Crippen LogP contribution in [0.3, 0.4) is 0 Å². The number of hydrogen-bond acceptors (Lipinski definition) is 7. The molecule has 7 nitrogen and oxygen atoms in total. The number of aromatic hydroxyl groups is 1. The van der Waals surface area contributed by atoms with E-state index in [0.717, 1.165) is 5.69 Å². The largest absolute Gasteiger partial charge is 0.502 e. The number of methoxy groups -OCH3 is 1. The molecule has 3 rings (SSSR count). The number of aromatic nitrogens is 1. The van der Waals surface area contributed by atoms with Crippen molar-refractivity contribution in [2.45, 2.75) is 25.9 Å². The molecule has 0 aliphatic rings. The third-order valence-electron chi connectivity index (χ3n) is 4.38. The molecule has 2 heterocycles. The fraction of sp³-hybridized carbons (Fsp3) is 0.227. The summed E-state index contributed by atoms with van der Waals surface area (Å²) in [6, 6.07) is 13.8. The van der Waals surface area contributed by atoms with Crippen molar-refractivity contribution < 1.29 is 23.8 Å². The molecular weight excluding hydrogens is 374 g/mol. The van der Waals surface area contributed by atoms with Crippen LogP contribution < -0.4 is 10.2 Å². The number of carbonyl (C=O) groups is 1. The van der Waals surface area contributed by atoms with Crippen LogP contribution in [0.15, 0.2) is 63.9 Å². The first-order valence-corrected chi connectivity index (χ1v) is 9.01. The number of carbonyl (C=O) groups excluding carboxylic acids is 1. The second-order valence-corrected chi connectivity index (χ2v) is 6.45. The standard InChI is InChI=1S/C22H21NO6/c1-14-11-19(24)21(26)22(29-14)18(12-20(25)27-2)15-6-8-17(9-7-15)28-13-16-5-3-4-10-23-16/h3-11,18,26H,12-13H2,1-2H3. The van der Waals surface area contributed by atoms with Gasteiger partial charge in [0.1, 0.15) is 18.1 Å². The van der Waals surface area contributed by atoms with Crippen molar-refractivity contribution in [3.8, 4) is 11.5 Å². The fourth-order valence-electron chi connectivity index (χ4n) is 2.91. The predicted octanol–water partition coefficient (Wildman–Crippen LogP) is 3.32. The van der Waals surface area contributed by atoms with Crippen LogP contribution in [0.2, 0.25) is 0 Å². The zero-order valence-corrected chi connectivity index (χ0v) is 16.1.